The molecule has 0 radical (unpaired) electrons. The summed E-state index contributed by atoms with van der Waals surface area (Å²) in [6.45, 7) is 4.71. The van der Waals surface area contributed by atoms with Crippen molar-refractivity contribution >= 4 is 44.0 Å². The van der Waals surface area contributed by atoms with E-state index in [9.17, 15) is 9.18 Å². The van der Waals surface area contributed by atoms with Crippen molar-refractivity contribution in [3.05, 3.63) is 111 Å². The van der Waals surface area contributed by atoms with Crippen LogP contribution >= 0.6 is 15.9 Å². The largest absolute Gasteiger partial charge is 0.342 e. The van der Waals surface area contributed by atoms with E-state index >= 15 is 0 Å². The average Bonchev–Trinajstić information content (AvgIpc) is 3.22. The zero-order chi connectivity index (χ0) is 24.5. The topological polar surface area (TPSA) is 52.2 Å². The molecule has 0 aliphatic heterocycles. The van der Waals surface area contributed by atoms with Crippen LogP contribution in [-0.2, 0) is 6.54 Å². The summed E-state index contributed by atoms with van der Waals surface area (Å²) in [4.78, 5) is 18.2. The van der Waals surface area contributed by atoms with Gasteiger partial charge in [0.1, 0.15) is 11.6 Å². The van der Waals surface area contributed by atoms with Crippen LogP contribution in [-0.4, -0.2) is 20.4 Å². The number of hydrogen-bond donors (Lipinski definition) is 0. The van der Waals surface area contributed by atoms with Gasteiger partial charge in [-0.25, -0.2) is 9.37 Å². The molecule has 0 amide bonds. The molecule has 0 aliphatic rings. The molecule has 0 unspecified atom stereocenters. The maximum Gasteiger partial charge on any atom is 0.282 e. The Morgan fingerprint density at radius 1 is 1.09 bits per heavy atom. The first-order valence-electron chi connectivity index (χ1n) is 11.5. The highest BCUT2D eigenvalue weighted by molar-refractivity contribution is 9.10. The van der Waals surface area contributed by atoms with Crippen LogP contribution in [0.4, 0.5) is 4.39 Å². The molecule has 0 fully saturated rings. The third-order valence-corrected chi connectivity index (χ3v) is 6.78. The van der Waals surface area contributed by atoms with Crippen molar-refractivity contribution in [1.82, 2.24) is 14.2 Å². The minimum absolute atomic E-state index is 0.0627. The van der Waals surface area contributed by atoms with Crippen LogP contribution in [0.5, 0.6) is 0 Å². The Bertz CT molecular complexity index is 1620. The van der Waals surface area contributed by atoms with Crippen molar-refractivity contribution in [3.8, 4) is 0 Å². The zero-order valence-electron chi connectivity index (χ0n) is 19.5. The number of hydrogen-bond acceptors (Lipinski definition) is 3. The number of fused-ring (bicyclic) bond motifs is 2. The second kappa shape index (κ2) is 9.58. The molecule has 35 heavy (non-hydrogen) atoms. The van der Waals surface area contributed by atoms with Crippen LogP contribution < -0.4 is 5.56 Å². The standard InChI is InChI=1S/C28H24BrFN4O/c1-3-18(2)27-32-25-13-10-21(29)14-24(25)28(35)34(27)31-15-20-17-33(26-7-5-4-6-23(20)26)16-19-8-11-22(30)12-9-19/h4-15,17-18H,3,16H2,1-2H3/t18-/m0/s1. The first-order chi connectivity index (χ1) is 16.9. The highest BCUT2D eigenvalue weighted by atomic mass is 79.9. The number of halogens is 2. The fourth-order valence-corrected chi connectivity index (χ4v) is 4.56. The first kappa shape index (κ1) is 23.2. The van der Waals surface area contributed by atoms with Gasteiger partial charge in [-0.3, -0.25) is 4.79 Å². The number of rotatable bonds is 6. The monoisotopic (exact) mass is 530 g/mol. The van der Waals surface area contributed by atoms with Gasteiger partial charge >= 0.3 is 0 Å². The molecule has 0 N–H and O–H groups in total. The minimum Gasteiger partial charge on any atom is -0.342 e. The zero-order valence-corrected chi connectivity index (χ0v) is 21.0. The molecular weight excluding hydrogens is 507 g/mol. The third kappa shape index (κ3) is 4.56. The second-order valence-corrected chi connectivity index (χ2v) is 9.57. The highest BCUT2D eigenvalue weighted by Crippen LogP contribution is 2.23. The molecule has 5 nitrogen and oxygen atoms in total. The maximum absolute atomic E-state index is 13.4. The second-order valence-electron chi connectivity index (χ2n) is 8.66. The van der Waals surface area contributed by atoms with Gasteiger partial charge in [0.2, 0.25) is 0 Å². The van der Waals surface area contributed by atoms with E-state index in [2.05, 4.69) is 32.5 Å². The lowest BCUT2D eigenvalue weighted by Crippen LogP contribution is -2.23. The molecule has 0 bridgehead atoms. The van der Waals surface area contributed by atoms with E-state index in [1.165, 1.54) is 16.8 Å². The predicted octanol–water partition coefficient (Wildman–Crippen LogP) is 6.70. The van der Waals surface area contributed by atoms with E-state index < -0.39 is 0 Å². The van der Waals surface area contributed by atoms with Crippen molar-refractivity contribution in [2.24, 2.45) is 5.10 Å². The average molecular weight is 531 g/mol. The smallest absolute Gasteiger partial charge is 0.282 e. The van der Waals surface area contributed by atoms with Crippen molar-refractivity contribution in [2.75, 3.05) is 0 Å². The van der Waals surface area contributed by atoms with Crippen molar-refractivity contribution in [3.63, 3.8) is 0 Å². The number of nitrogens with zero attached hydrogens (tertiary/aromatic N) is 4. The van der Waals surface area contributed by atoms with E-state index in [-0.39, 0.29) is 17.3 Å². The molecule has 7 heteroatoms. The molecule has 5 aromatic rings. The van der Waals surface area contributed by atoms with Gasteiger partial charge in [0.15, 0.2) is 0 Å². The lowest BCUT2D eigenvalue weighted by atomic mass is 10.1. The van der Waals surface area contributed by atoms with Crippen LogP contribution in [0.2, 0.25) is 0 Å². The molecule has 2 heterocycles. The van der Waals surface area contributed by atoms with Gasteiger partial charge in [-0.1, -0.05) is 60.1 Å². The number of benzene rings is 3. The molecule has 0 spiro atoms. The van der Waals surface area contributed by atoms with Gasteiger partial charge in [0.25, 0.3) is 5.56 Å². The summed E-state index contributed by atoms with van der Waals surface area (Å²) < 4.78 is 17.7. The van der Waals surface area contributed by atoms with Gasteiger partial charge in [-0.15, -0.1) is 0 Å². The molecular formula is C28H24BrFN4O. The Balaban J connectivity index is 1.61. The maximum atomic E-state index is 13.4. The van der Waals surface area contributed by atoms with Gasteiger partial charge in [0.05, 0.1) is 17.1 Å². The SMILES string of the molecule is CC[C@H](C)c1nc2ccc(Br)cc2c(=O)n1N=Cc1cn(Cc2ccc(F)cc2)c2ccccc12. The Hall–Kier alpha value is -3.58. The van der Waals surface area contributed by atoms with Gasteiger partial charge in [0, 0.05) is 39.6 Å². The normalized spacial score (nSPS) is 12.7. The molecule has 176 valence electrons. The Labute approximate surface area is 210 Å². The Kier molecular flexibility index (Phi) is 6.34. The van der Waals surface area contributed by atoms with Crippen LogP contribution in [0.25, 0.3) is 21.8 Å². The van der Waals surface area contributed by atoms with Crippen LogP contribution in [0.1, 0.15) is 43.1 Å². The van der Waals surface area contributed by atoms with Crippen molar-refractivity contribution in [2.45, 2.75) is 32.7 Å². The van der Waals surface area contributed by atoms with Crippen LogP contribution in [0, 0.1) is 5.82 Å². The van der Waals surface area contributed by atoms with E-state index in [1.807, 2.05) is 49.5 Å². The van der Waals surface area contributed by atoms with E-state index in [0.717, 1.165) is 32.9 Å². The van der Waals surface area contributed by atoms with Crippen LogP contribution in [0.3, 0.4) is 0 Å². The summed E-state index contributed by atoms with van der Waals surface area (Å²) in [5.74, 6) is 0.448. The molecule has 2 aromatic heterocycles. The number of aromatic nitrogens is 3. The fourth-order valence-electron chi connectivity index (χ4n) is 4.19. The Morgan fingerprint density at radius 3 is 2.63 bits per heavy atom. The Morgan fingerprint density at radius 2 is 1.86 bits per heavy atom. The summed E-state index contributed by atoms with van der Waals surface area (Å²) in [5, 5.41) is 6.18. The molecule has 0 aliphatic carbocycles. The molecule has 3 aromatic carbocycles. The van der Waals surface area contributed by atoms with Gasteiger partial charge in [-0.2, -0.15) is 9.78 Å². The summed E-state index contributed by atoms with van der Waals surface area (Å²) in [5.41, 5.74) is 3.39. The predicted molar refractivity (Wildman–Crippen MR) is 143 cm³/mol. The van der Waals surface area contributed by atoms with Gasteiger partial charge < -0.3 is 4.57 Å². The number of para-hydroxylation sites is 1. The third-order valence-electron chi connectivity index (χ3n) is 6.28. The summed E-state index contributed by atoms with van der Waals surface area (Å²) >= 11 is 3.45. The summed E-state index contributed by atoms with van der Waals surface area (Å²) in [7, 11) is 0. The molecule has 0 saturated carbocycles. The molecule has 0 saturated heterocycles. The van der Waals surface area contributed by atoms with Crippen LogP contribution in [0.15, 0.2) is 87.3 Å². The quantitative estimate of drug-likeness (QED) is 0.229. The fraction of sp³-hybridized carbons (Fsp3) is 0.179. The van der Waals surface area contributed by atoms with E-state index in [0.29, 0.717) is 23.3 Å². The van der Waals surface area contributed by atoms with E-state index in [1.54, 1.807) is 24.4 Å². The first-order valence-corrected chi connectivity index (χ1v) is 12.3. The molecule has 1 atom stereocenters. The highest BCUT2D eigenvalue weighted by Gasteiger charge is 2.16. The minimum atomic E-state index is -0.252. The van der Waals surface area contributed by atoms with E-state index in [4.69, 9.17) is 4.98 Å². The lowest BCUT2D eigenvalue weighted by molar-refractivity contribution is 0.613. The van der Waals surface area contributed by atoms with Crippen molar-refractivity contribution in [1.29, 1.82) is 0 Å². The van der Waals surface area contributed by atoms with Crippen molar-refractivity contribution < 1.29 is 4.39 Å². The summed E-state index contributed by atoms with van der Waals surface area (Å²) in [6, 6.07) is 20.1. The summed E-state index contributed by atoms with van der Waals surface area (Å²) in [6.07, 6.45) is 4.57. The lowest BCUT2D eigenvalue weighted by Gasteiger charge is -2.13. The molecule has 5 rings (SSSR count). The van der Waals surface area contributed by atoms with Gasteiger partial charge in [-0.05, 0) is 48.4 Å².